The number of aliphatic carboxylic acids is 1. The first-order valence-electron chi connectivity index (χ1n) is 5.50. The number of nitrogens with zero attached hydrogens (tertiary/aromatic N) is 1. The summed E-state index contributed by atoms with van der Waals surface area (Å²) in [6, 6.07) is 1.37. The average molecular weight is 278 g/mol. The molecular weight excluding hydrogens is 265 g/mol. The van der Waals surface area contributed by atoms with Gasteiger partial charge in [0, 0.05) is 6.20 Å². The van der Waals surface area contributed by atoms with Crippen LogP contribution in [-0.2, 0) is 11.3 Å². The molecular formula is C11H13F3N2O3. The van der Waals surface area contributed by atoms with Crippen molar-refractivity contribution in [3.05, 3.63) is 24.0 Å². The van der Waals surface area contributed by atoms with Crippen molar-refractivity contribution in [1.29, 1.82) is 0 Å². The van der Waals surface area contributed by atoms with Crippen LogP contribution in [0.3, 0.4) is 0 Å². The third-order valence-corrected chi connectivity index (χ3v) is 2.42. The van der Waals surface area contributed by atoms with Crippen LogP contribution in [-0.4, -0.2) is 33.8 Å². The molecule has 0 saturated carbocycles. The van der Waals surface area contributed by atoms with Crippen LogP contribution in [0.1, 0.15) is 23.8 Å². The first-order chi connectivity index (χ1) is 8.74. The molecule has 1 aromatic heterocycles. The van der Waals surface area contributed by atoms with E-state index in [1.54, 1.807) is 6.92 Å². The van der Waals surface area contributed by atoms with Crippen molar-refractivity contribution >= 4 is 11.9 Å². The summed E-state index contributed by atoms with van der Waals surface area (Å²) in [5, 5.41) is 10.9. The second-order valence-corrected chi connectivity index (χ2v) is 3.91. The second-order valence-electron chi connectivity index (χ2n) is 3.91. The van der Waals surface area contributed by atoms with Gasteiger partial charge >= 0.3 is 12.1 Å². The van der Waals surface area contributed by atoms with Gasteiger partial charge in [-0.15, -0.1) is 0 Å². The highest BCUT2D eigenvalue weighted by Gasteiger charge is 2.30. The number of carbonyl (C=O) groups excluding carboxylic acids is 1. The van der Waals surface area contributed by atoms with E-state index in [-0.39, 0.29) is 12.1 Å². The summed E-state index contributed by atoms with van der Waals surface area (Å²) in [4.78, 5) is 22.5. The zero-order chi connectivity index (χ0) is 14.6. The Morgan fingerprint density at radius 3 is 2.58 bits per heavy atom. The van der Waals surface area contributed by atoms with Crippen molar-refractivity contribution < 1.29 is 27.9 Å². The Balaban J connectivity index is 2.83. The predicted octanol–water partition coefficient (Wildman–Crippen LogP) is 1.64. The van der Waals surface area contributed by atoms with Crippen LogP contribution in [0.2, 0.25) is 0 Å². The van der Waals surface area contributed by atoms with Gasteiger partial charge < -0.3 is 15.0 Å². The largest absolute Gasteiger partial charge is 0.480 e. The first kappa shape index (κ1) is 15.1. The molecule has 0 radical (unpaired) electrons. The minimum absolute atomic E-state index is 0.140. The molecule has 8 heteroatoms. The molecule has 1 rings (SSSR count). The van der Waals surface area contributed by atoms with Crippen molar-refractivity contribution in [2.45, 2.75) is 32.1 Å². The lowest BCUT2D eigenvalue weighted by atomic mass is 10.2. The highest BCUT2D eigenvalue weighted by molar-refractivity contribution is 5.95. The minimum atomic E-state index is -4.45. The molecule has 0 aliphatic heterocycles. The summed E-state index contributed by atoms with van der Waals surface area (Å²) in [7, 11) is 0. The van der Waals surface area contributed by atoms with E-state index in [0.717, 1.165) is 10.8 Å². The number of halogens is 3. The zero-order valence-electron chi connectivity index (χ0n) is 10.1. The monoisotopic (exact) mass is 278 g/mol. The number of carbonyl (C=O) groups is 2. The standard InChI is InChI=1S/C11H13F3N2O3/c1-2-7(10(18)19)15-9(17)8-4-3-5-16(8)6-11(12,13)14/h3-5,7H,2,6H2,1H3,(H,15,17)(H,18,19)/t7-/m0/s1. The Morgan fingerprint density at radius 2 is 2.11 bits per heavy atom. The number of nitrogens with one attached hydrogen (secondary N) is 1. The first-order valence-corrected chi connectivity index (χ1v) is 5.50. The van der Waals surface area contributed by atoms with Crippen LogP contribution >= 0.6 is 0 Å². The van der Waals surface area contributed by atoms with Crippen LogP contribution in [0.25, 0.3) is 0 Å². The van der Waals surface area contributed by atoms with Gasteiger partial charge in [-0.1, -0.05) is 6.92 Å². The lowest BCUT2D eigenvalue weighted by Gasteiger charge is -2.15. The fourth-order valence-electron chi connectivity index (χ4n) is 1.52. The van der Waals surface area contributed by atoms with E-state index >= 15 is 0 Å². The number of carboxylic acid groups (broad SMARTS) is 1. The lowest BCUT2D eigenvalue weighted by Crippen LogP contribution is -2.41. The number of hydrogen-bond acceptors (Lipinski definition) is 2. The van der Waals surface area contributed by atoms with Crippen LogP contribution in [0.15, 0.2) is 18.3 Å². The van der Waals surface area contributed by atoms with Gasteiger partial charge in [0.05, 0.1) is 0 Å². The van der Waals surface area contributed by atoms with E-state index in [0.29, 0.717) is 0 Å². The van der Waals surface area contributed by atoms with E-state index < -0.39 is 30.6 Å². The molecule has 0 saturated heterocycles. The SMILES string of the molecule is CC[C@H](NC(=O)c1cccn1CC(F)(F)F)C(=O)O. The Labute approximate surface area is 107 Å². The van der Waals surface area contributed by atoms with Gasteiger partial charge in [-0.05, 0) is 18.6 Å². The molecule has 0 fully saturated rings. The summed E-state index contributed by atoms with van der Waals surface area (Å²) >= 11 is 0. The number of amides is 1. The van der Waals surface area contributed by atoms with Crippen LogP contribution in [0, 0.1) is 0 Å². The maximum Gasteiger partial charge on any atom is 0.406 e. The van der Waals surface area contributed by atoms with Crippen molar-refractivity contribution in [1.82, 2.24) is 9.88 Å². The third kappa shape index (κ3) is 4.31. The van der Waals surface area contributed by atoms with Gasteiger partial charge in [-0.3, -0.25) is 4.79 Å². The summed E-state index contributed by atoms with van der Waals surface area (Å²) < 4.78 is 37.5. The number of carboxylic acids is 1. The Hall–Kier alpha value is -1.99. The summed E-state index contributed by atoms with van der Waals surface area (Å²) in [5.74, 6) is -2.08. The third-order valence-electron chi connectivity index (χ3n) is 2.42. The fourth-order valence-corrected chi connectivity index (χ4v) is 1.52. The van der Waals surface area contributed by atoms with Crippen LogP contribution in [0.5, 0.6) is 0 Å². The molecule has 19 heavy (non-hydrogen) atoms. The number of alkyl halides is 3. The molecule has 0 aliphatic carbocycles. The van der Waals surface area contributed by atoms with Gasteiger partial charge in [-0.25, -0.2) is 4.79 Å². The van der Waals surface area contributed by atoms with Gasteiger partial charge in [-0.2, -0.15) is 13.2 Å². The quantitative estimate of drug-likeness (QED) is 0.860. The topological polar surface area (TPSA) is 71.3 Å². The maximum atomic E-state index is 12.3. The van der Waals surface area contributed by atoms with E-state index in [9.17, 15) is 22.8 Å². The van der Waals surface area contributed by atoms with Gasteiger partial charge in [0.15, 0.2) is 0 Å². The van der Waals surface area contributed by atoms with Crippen LogP contribution in [0.4, 0.5) is 13.2 Å². The smallest absolute Gasteiger partial charge is 0.406 e. The van der Waals surface area contributed by atoms with E-state index in [4.69, 9.17) is 5.11 Å². The van der Waals surface area contributed by atoms with E-state index in [2.05, 4.69) is 5.32 Å². The Bertz CT molecular complexity index is 468. The highest BCUT2D eigenvalue weighted by Crippen LogP contribution is 2.19. The molecule has 1 heterocycles. The number of rotatable bonds is 5. The molecule has 5 nitrogen and oxygen atoms in total. The molecule has 0 aliphatic rings. The minimum Gasteiger partial charge on any atom is -0.480 e. The number of aromatic nitrogens is 1. The highest BCUT2D eigenvalue weighted by atomic mass is 19.4. The molecule has 1 amide bonds. The van der Waals surface area contributed by atoms with Crippen LogP contribution < -0.4 is 5.32 Å². The zero-order valence-corrected chi connectivity index (χ0v) is 10.1. The summed E-state index contributed by atoms with van der Waals surface area (Å²) in [6.45, 7) is 0.250. The Morgan fingerprint density at radius 1 is 1.47 bits per heavy atom. The van der Waals surface area contributed by atoms with Gasteiger partial charge in [0.25, 0.3) is 5.91 Å². The summed E-state index contributed by atoms with van der Waals surface area (Å²) in [5.41, 5.74) is -0.225. The average Bonchev–Trinajstić information content (AvgIpc) is 2.70. The second kappa shape index (κ2) is 5.77. The molecule has 0 spiro atoms. The van der Waals surface area contributed by atoms with Crippen molar-refractivity contribution in [2.24, 2.45) is 0 Å². The molecule has 106 valence electrons. The molecule has 2 N–H and O–H groups in total. The fraction of sp³-hybridized carbons (Fsp3) is 0.455. The lowest BCUT2D eigenvalue weighted by molar-refractivity contribution is -0.141. The maximum absolute atomic E-state index is 12.3. The van der Waals surface area contributed by atoms with Crippen molar-refractivity contribution in [2.75, 3.05) is 0 Å². The van der Waals surface area contributed by atoms with Crippen molar-refractivity contribution in [3.8, 4) is 0 Å². The Kier molecular flexibility index (Phi) is 4.57. The number of hydrogen-bond donors (Lipinski definition) is 2. The van der Waals surface area contributed by atoms with Gasteiger partial charge in [0.2, 0.25) is 0 Å². The molecule has 1 atom stereocenters. The molecule has 0 unspecified atom stereocenters. The normalized spacial score (nSPS) is 13.1. The van der Waals surface area contributed by atoms with E-state index in [1.165, 1.54) is 12.1 Å². The predicted molar refractivity (Wildman–Crippen MR) is 59.7 cm³/mol. The van der Waals surface area contributed by atoms with Crippen molar-refractivity contribution in [3.63, 3.8) is 0 Å². The summed E-state index contributed by atoms with van der Waals surface area (Å²) in [6.07, 6.45) is -3.20. The molecule has 0 bridgehead atoms. The molecule has 1 aromatic rings. The molecule has 0 aromatic carbocycles. The van der Waals surface area contributed by atoms with Gasteiger partial charge in [0.1, 0.15) is 18.3 Å². The van der Waals surface area contributed by atoms with E-state index in [1.807, 2.05) is 0 Å².